The quantitative estimate of drug-likeness (QED) is 0.453. The second kappa shape index (κ2) is 8.88. The van der Waals surface area contributed by atoms with Crippen LogP contribution in [0.15, 0.2) is 29.3 Å². The topological polar surface area (TPSA) is 58.5 Å². The average molecular weight is 386 g/mol. The van der Waals surface area contributed by atoms with Gasteiger partial charge in [-0.25, -0.2) is 4.98 Å². The van der Waals surface area contributed by atoms with Gasteiger partial charge in [-0.3, -0.25) is 4.99 Å². The summed E-state index contributed by atoms with van der Waals surface area (Å²) in [4.78, 5) is 9.74. The Bertz CT molecular complexity index is 722. The van der Waals surface area contributed by atoms with E-state index in [1.54, 1.807) is 18.4 Å². The van der Waals surface area contributed by atoms with E-state index in [-0.39, 0.29) is 0 Å². The van der Waals surface area contributed by atoms with Gasteiger partial charge < -0.3 is 15.4 Å². The first-order valence-electron chi connectivity index (χ1n) is 7.97. The van der Waals surface area contributed by atoms with Crippen molar-refractivity contribution in [2.45, 2.75) is 26.6 Å². The van der Waals surface area contributed by atoms with Crippen LogP contribution in [0.2, 0.25) is 0 Å². The van der Waals surface area contributed by atoms with Crippen LogP contribution in [0.3, 0.4) is 0 Å². The molecule has 0 bridgehead atoms. The summed E-state index contributed by atoms with van der Waals surface area (Å²) >= 11 is 1.63. The molecule has 0 unspecified atom stereocenters. The molecule has 0 aliphatic heterocycles. The van der Waals surface area contributed by atoms with Gasteiger partial charge in [-0.15, -0.1) is 11.3 Å². The molecule has 0 saturated heterocycles. The molecule has 0 saturated carbocycles. The number of thiazole rings is 1. The number of halogens is 3. The molecule has 0 spiro atoms. The Morgan fingerprint density at radius 1 is 1.19 bits per heavy atom. The molecule has 9 heteroatoms. The van der Waals surface area contributed by atoms with E-state index >= 15 is 0 Å². The molecule has 0 radical (unpaired) electrons. The molecule has 0 amide bonds. The predicted octanol–water partition coefficient (Wildman–Crippen LogP) is 3.52. The monoisotopic (exact) mass is 386 g/mol. The molecular weight excluding hydrogens is 365 g/mol. The van der Waals surface area contributed by atoms with Crippen LogP contribution in [-0.2, 0) is 12.7 Å². The fourth-order valence-corrected chi connectivity index (χ4v) is 2.95. The molecule has 0 aliphatic carbocycles. The van der Waals surface area contributed by atoms with Crippen molar-refractivity contribution in [3.05, 3.63) is 45.4 Å². The van der Waals surface area contributed by atoms with E-state index in [1.807, 2.05) is 13.8 Å². The second-order valence-corrected chi connectivity index (χ2v) is 6.76. The number of rotatable bonds is 6. The minimum absolute atomic E-state index is 0.293. The van der Waals surface area contributed by atoms with E-state index in [4.69, 9.17) is 4.74 Å². The number of aliphatic imine (C=N–C) groups is 1. The Balaban J connectivity index is 1.72. The zero-order chi connectivity index (χ0) is 19.2. The number of aryl methyl sites for hydroxylation is 2. The molecule has 0 atom stereocenters. The smallest absolute Gasteiger partial charge is 0.416 e. The molecule has 26 heavy (non-hydrogen) atoms. The van der Waals surface area contributed by atoms with Crippen LogP contribution in [0.1, 0.15) is 21.1 Å². The minimum atomic E-state index is -4.34. The summed E-state index contributed by atoms with van der Waals surface area (Å²) in [6.45, 7) is 5.32. The SMILES string of the molecule is CN=C(NCCOc1ccc(C(F)(F)F)cc1)NCc1nc(C)c(C)s1. The van der Waals surface area contributed by atoms with Gasteiger partial charge in [-0.05, 0) is 38.1 Å². The standard InChI is InChI=1S/C17H21F3N4OS/c1-11-12(2)26-15(24-11)10-23-16(21-3)22-8-9-25-14-6-4-13(5-7-14)17(18,19)20/h4-7H,8-10H2,1-3H3,(H2,21,22,23). The van der Waals surface area contributed by atoms with Crippen molar-refractivity contribution in [1.29, 1.82) is 0 Å². The minimum Gasteiger partial charge on any atom is -0.492 e. The zero-order valence-corrected chi connectivity index (χ0v) is 15.6. The lowest BCUT2D eigenvalue weighted by Crippen LogP contribution is -2.38. The number of hydrogen-bond donors (Lipinski definition) is 2. The summed E-state index contributed by atoms with van der Waals surface area (Å²) in [7, 11) is 1.66. The molecule has 2 N–H and O–H groups in total. The van der Waals surface area contributed by atoms with Crippen LogP contribution in [0.4, 0.5) is 13.2 Å². The largest absolute Gasteiger partial charge is 0.492 e. The van der Waals surface area contributed by atoms with Crippen molar-refractivity contribution in [1.82, 2.24) is 15.6 Å². The van der Waals surface area contributed by atoms with Crippen LogP contribution in [0.25, 0.3) is 0 Å². The molecule has 2 aromatic rings. The Labute approximate surface area is 154 Å². The number of ether oxygens (including phenoxy) is 1. The highest BCUT2D eigenvalue weighted by Crippen LogP contribution is 2.30. The lowest BCUT2D eigenvalue weighted by Gasteiger charge is -2.12. The van der Waals surface area contributed by atoms with E-state index in [1.165, 1.54) is 17.0 Å². The van der Waals surface area contributed by atoms with Crippen molar-refractivity contribution in [2.24, 2.45) is 4.99 Å². The molecule has 0 fully saturated rings. The number of guanidine groups is 1. The molecule has 1 aromatic heterocycles. The highest BCUT2D eigenvalue weighted by molar-refractivity contribution is 7.11. The lowest BCUT2D eigenvalue weighted by molar-refractivity contribution is -0.137. The van der Waals surface area contributed by atoms with E-state index in [0.717, 1.165) is 22.8 Å². The molecule has 2 rings (SSSR count). The number of nitrogens with one attached hydrogen (secondary N) is 2. The first-order valence-corrected chi connectivity index (χ1v) is 8.78. The number of benzene rings is 1. The maximum Gasteiger partial charge on any atom is 0.416 e. The van der Waals surface area contributed by atoms with Crippen molar-refractivity contribution < 1.29 is 17.9 Å². The van der Waals surface area contributed by atoms with Crippen molar-refractivity contribution >= 4 is 17.3 Å². The highest BCUT2D eigenvalue weighted by Gasteiger charge is 2.29. The van der Waals surface area contributed by atoms with Crippen molar-refractivity contribution in [2.75, 3.05) is 20.2 Å². The molecular formula is C17H21F3N4OS. The van der Waals surface area contributed by atoms with Gasteiger partial charge in [0.25, 0.3) is 0 Å². The van der Waals surface area contributed by atoms with Crippen molar-refractivity contribution in [3.63, 3.8) is 0 Å². The van der Waals surface area contributed by atoms with Gasteiger partial charge in [0.2, 0.25) is 0 Å². The molecule has 0 aliphatic rings. The Morgan fingerprint density at radius 2 is 1.88 bits per heavy atom. The van der Waals surface area contributed by atoms with E-state index < -0.39 is 11.7 Å². The third-order valence-corrected chi connectivity index (χ3v) is 4.62. The normalized spacial score (nSPS) is 12.2. The summed E-state index contributed by atoms with van der Waals surface area (Å²) < 4.78 is 42.9. The molecule has 1 heterocycles. The predicted molar refractivity (Wildman–Crippen MR) is 96.7 cm³/mol. The van der Waals surface area contributed by atoms with Gasteiger partial charge in [-0.1, -0.05) is 0 Å². The van der Waals surface area contributed by atoms with Gasteiger partial charge in [0.1, 0.15) is 17.4 Å². The summed E-state index contributed by atoms with van der Waals surface area (Å²) in [5.74, 6) is 0.989. The number of hydrogen-bond acceptors (Lipinski definition) is 4. The average Bonchev–Trinajstić information content (AvgIpc) is 2.92. The van der Waals surface area contributed by atoms with E-state index in [0.29, 0.717) is 31.4 Å². The Morgan fingerprint density at radius 3 is 2.42 bits per heavy atom. The summed E-state index contributed by atoms with van der Waals surface area (Å²) in [5.41, 5.74) is 0.333. The summed E-state index contributed by atoms with van der Waals surface area (Å²) in [6, 6.07) is 4.62. The summed E-state index contributed by atoms with van der Waals surface area (Å²) in [5, 5.41) is 7.21. The first kappa shape index (κ1) is 20.0. The Hall–Kier alpha value is -2.29. The first-order chi connectivity index (χ1) is 12.3. The number of nitrogens with zero attached hydrogens (tertiary/aromatic N) is 2. The molecule has 5 nitrogen and oxygen atoms in total. The maximum absolute atomic E-state index is 12.5. The maximum atomic E-state index is 12.5. The zero-order valence-electron chi connectivity index (χ0n) is 14.8. The van der Waals surface area contributed by atoms with Crippen LogP contribution < -0.4 is 15.4 Å². The van der Waals surface area contributed by atoms with Crippen LogP contribution in [-0.4, -0.2) is 31.1 Å². The van der Waals surface area contributed by atoms with Gasteiger partial charge in [0.15, 0.2) is 5.96 Å². The van der Waals surface area contributed by atoms with Gasteiger partial charge in [-0.2, -0.15) is 13.2 Å². The molecule has 142 valence electrons. The van der Waals surface area contributed by atoms with Crippen LogP contribution >= 0.6 is 11.3 Å². The van der Waals surface area contributed by atoms with Crippen LogP contribution in [0, 0.1) is 13.8 Å². The third kappa shape index (κ3) is 5.91. The van der Waals surface area contributed by atoms with Gasteiger partial charge in [0, 0.05) is 11.9 Å². The van der Waals surface area contributed by atoms with E-state index in [9.17, 15) is 13.2 Å². The van der Waals surface area contributed by atoms with Crippen molar-refractivity contribution in [3.8, 4) is 5.75 Å². The van der Waals surface area contributed by atoms with Crippen LogP contribution in [0.5, 0.6) is 5.75 Å². The third-order valence-electron chi connectivity index (χ3n) is 3.55. The fourth-order valence-electron chi connectivity index (χ4n) is 2.07. The highest BCUT2D eigenvalue weighted by atomic mass is 32.1. The number of aromatic nitrogens is 1. The lowest BCUT2D eigenvalue weighted by atomic mass is 10.2. The van der Waals surface area contributed by atoms with E-state index in [2.05, 4.69) is 20.6 Å². The second-order valence-electron chi connectivity index (χ2n) is 5.47. The van der Waals surface area contributed by atoms with Gasteiger partial charge >= 0.3 is 6.18 Å². The van der Waals surface area contributed by atoms with Gasteiger partial charge in [0.05, 0.1) is 24.3 Å². The summed E-state index contributed by atoms with van der Waals surface area (Å²) in [6.07, 6.45) is -4.34. The fraction of sp³-hybridized carbons (Fsp3) is 0.412. The molecule has 1 aromatic carbocycles. The Kier molecular flexibility index (Phi) is 6.84. The number of alkyl halides is 3.